The molecule has 3 rings (SSSR count). The monoisotopic (exact) mass is 335 g/mol. The van der Waals surface area contributed by atoms with E-state index in [0.717, 1.165) is 16.9 Å². The maximum atomic E-state index is 5.94. The summed E-state index contributed by atoms with van der Waals surface area (Å²) in [6.07, 6.45) is 1.64. The van der Waals surface area contributed by atoms with Gasteiger partial charge >= 0.3 is 0 Å². The average molecular weight is 335 g/mol. The first-order chi connectivity index (χ1) is 11.7. The SMILES string of the molecule is NC(=S)NN=Cc1cccc(OCc2cccc3ccccc23)c1. The second-order valence-corrected chi connectivity index (χ2v) is 5.67. The molecule has 24 heavy (non-hydrogen) atoms. The molecule has 3 aromatic rings. The lowest BCUT2D eigenvalue weighted by Gasteiger charge is -2.09. The Labute approximate surface area is 145 Å². The maximum Gasteiger partial charge on any atom is 0.184 e. The van der Waals surface area contributed by atoms with E-state index in [1.165, 1.54) is 10.8 Å². The Morgan fingerprint density at radius 2 is 1.88 bits per heavy atom. The minimum atomic E-state index is 0.134. The molecule has 0 aliphatic rings. The predicted molar refractivity (Wildman–Crippen MR) is 102 cm³/mol. The van der Waals surface area contributed by atoms with Gasteiger partial charge < -0.3 is 10.5 Å². The van der Waals surface area contributed by atoms with Gasteiger partial charge in [0, 0.05) is 0 Å². The third-order valence-corrected chi connectivity index (χ3v) is 3.61. The highest BCUT2D eigenvalue weighted by Gasteiger charge is 2.02. The average Bonchev–Trinajstić information content (AvgIpc) is 2.60. The fourth-order valence-corrected chi connectivity index (χ4v) is 2.49. The van der Waals surface area contributed by atoms with Gasteiger partial charge in [0.05, 0.1) is 6.21 Å². The van der Waals surface area contributed by atoms with E-state index in [-0.39, 0.29) is 5.11 Å². The molecule has 3 aromatic carbocycles. The van der Waals surface area contributed by atoms with Crippen LogP contribution in [0.2, 0.25) is 0 Å². The molecule has 0 radical (unpaired) electrons. The van der Waals surface area contributed by atoms with Crippen molar-refractivity contribution in [3.8, 4) is 5.75 Å². The van der Waals surface area contributed by atoms with Gasteiger partial charge in [-0.25, -0.2) is 0 Å². The minimum Gasteiger partial charge on any atom is -0.489 e. The Bertz CT molecular complexity index is 887. The van der Waals surface area contributed by atoms with E-state index < -0.39 is 0 Å². The van der Waals surface area contributed by atoms with Crippen LogP contribution in [0.15, 0.2) is 71.8 Å². The van der Waals surface area contributed by atoms with Crippen molar-refractivity contribution in [2.24, 2.45) is 10.8 Å². The van der Waals surface area contributed by atoms with E-state index in [1.807, 2.05) is 42.5 Å². The molecule has 3 N–H and O–H groups in total. The topological polar surface area (TPSA) is 59.6 Å². The van der Waals surface area contributed by atoms with Crippen LogP contribution in [0, 0.1) is 0 Å². The van der Waals surface area contributed by atoms with E-state index in [1.54, 1.807) is 6.21 Å². The lowest BCUT2D eigenvalue weighted by Crippen LogP contribution is -2.23. The molecule has 0 unspecified atom stereocenters. The Morgan fingerprint density at radius 3 is 2.75 bits per heavy atom. The van der Waals surface area contributed by atoms with Crippen molar-refractivity contribution in [3.05, 3.63) is 77.9 Å². The van der Waals surface area contributed by atoms with Gasteiger partial charge in [0.25, 0.3) is 0 Å². The summed E-state index contributed by atoms with van der Waals surface area (Å²) in [5.74, 6) is 0.780. The van der Waals surface area contributed by atoms with Crippen LogP contribution in [0.25, 0.3) is 10.8 Å². The van der Waals surface area contributed by atoms with Crippen molar-refractivity contribution in [2.75, 3.05) is 0 Å². The van der Waals surface area contributed by atoms with Crippen molar-refractivity contribution in [2.45, 2.75) is 6.61 Å². The fourth-order valence-electron chi connectivity index (χ4n) is 2.43. The molecule has 0 aliphatic carbocycles. The Morgan fingerprint density at radius 1 is 1.08 bits per heavy atom. The minimum absolute atomic E-state index is 0.134. The first-order valence-electron chi connectivity index (χ1n) is 7.50. The quantitative estimate of drug-likeness (QED) is 0.425. The van der Waals surface area contributed by atoms with Gasteiger partial charge in [0.2, 0.25) is 0 Å². The normalized spacial score (nSPS) is 10.8. The summed E-state index contributed by atoms with van der Waals surface area (Å²) in [4.78, 5) is 0. The second-order valence-electron chi connectivity index (χ2n) is 5.23. The van der Waals surface area contributed by atoms with Crippen LogP contribution in [-0.2, 0) is 6.61 Å². The Hall–Kier alpha value is -2.92. The first kappa shape index (κ1) is 16.0. The third kappa shape index (κ3) is 4.08. The molecular formula is C19H17N3OS. The molecule has 4 nitrogen and oxygen atoms in total. The molecule has 0 saturated heterocycles. The van der Waals surface area contributed by atoms with Crippen molar-refractivity contribution in [3.63, 3.8) is 0 Å². The van der Waals surface area contributed by atoms with Crippen molar-refractivity contribution < 1.29 is 4.74 Å². The summed E-state index contributed by atoms with van der Waals surface area (Å²) in [6.45, 7) is 0.507. The number of nitrogens with two attached hydrogens (primary N) is 1. The summed E-state index contributed by atoms with van der Waals surface area (Å²) < 4.78 is 5.94. The van der Waals surface area contributed by atoms with Crippen molar-refractivity contribution >= 4 is 34.3 Å². The van der Waals surface area contributed by atoms with E-state index in [9.17, 15) is 0 Å². The number of ether oxygens (including phenoxy) is 1. The number of fused-ring (bicyclic) bond motifs is 1. The van der Waals surface area contributed by atoms with Gasteiger partial charge in [0.15, 0.2) is 5.11 Å². The van der Waals surface area contributed by atoms with Crippen LogP contribution in [-0.4, -0.2) is 11.3 Å². The molecule has 0 aliphatic heterocycles. The smallest absolute Gasteiger partial charge is 0.184 e. The van der Waals surface area contributed by atoms with Crippen molar-refractivity contribution in [1.29, 1.82) is 0 Å². The highest BCUT2D eigenvalue weighted by atomic mass is 32.1. The number of rotatable bonds is 5. The highest BCUT2D eigenvalue weighted by Crippen LogP contribution is 2.21. The zero-order chi connectivity index (χ0) is 16.8. The van der Waals surface area contributed by atoms with Crippen LogP contribution in [0.4, 0.5) is 0 Å². The van der Waals surface area contributed by atoms with Gasteiger partial charge in [0.1, 0.15) is 12.4 Å². The van der Waals surface area contributed by atoms with Gasteiger partial charge in [-0.1, -0.05) is 54.6 Å². The van der Waals surface area contributed by atoms with Crippen LogP contribution in [0.1, 0.15) is 11.1 Å². The van der Waals surface area contributed by atoms with Gasteiger partial charge in [-0.3, -0.25) is 5.43 Å². The lowest BCUT2D eigenvalue weighted by molar-refractivity contribution is 0.307. The molecule has 0 heterocycles. The molecule has 120 valence electrons. The molecule has 5 heteroatoms. The van der Waals surface area contributed by atoms with Crippen LogP contribution in [0.5, 0.6) is 5.75 Å². The molecular weight excluding hydrogens is 318 g/mol. The molecule has 0 amide bonds. The summed E-state index contributed by atoms with van der Waals surface area (Å²) in [7, 11) is 0. The molecule has 0 bridgehead atoms. The fraction of sp³-hybridized carbons (Fsp3) is 0.0526. The highest BCUT2D eigenvalue weighted by molar-refractivity contribution is 7.80. The summed E-state index contributed by atoms with van der Waals surface area (Å²) >= 11 is 4.70. The van der Waals surface area contributed by atoms with Crippen LogP contribution >= 0.6 is 12.2 Å². The third-order valence-electron chi connectivity index (χ3n) is 3.52. The molecule has 0 spiro atoms. The number of nitrogens with one attached hydrogen (secondary N) is 1. The number of hydrogen-bond acceptors (Lipinski definition) is 3. The summed E-state index contributed by atoms with van der Waals surface area (Å²) in [5, 5.41) is 6.50. The maximum absolute atomic E-state index is 5.94. The second kappa shape index (κ2) is 7.57. The zero-order valence-corrected chi connectivity index (χ0v) is 13.8. The molecule has 0 saturated carbocycles. The summed E-state index contributed by atoms with van der Waals surface area (Å²) in [6, 6.07) is 22.2. The zero-order valence-electron chi connectivity index (χ0n) is 13.0. The van der Waals surface area contributed by atoms with Gasteiger partial charge in [-0.2, -0.15) is 5.10 Å². The van der Waals surface area contributed by atoms with E-state index in [0.29, 0.717) is 6.61 Å². The number of hydrogen-bond donors (Lipinski definition) is 2. The molecule has 0 fully saturated rings. The van der Waals surface area contributed by atoms with Crippen LogP contribution < -0.4 is 15.9 Å². The number of benzene rings is 3. The largest absolute Gasteiger partial charge is 0.489 e. The Balaban J connectivity index is 1.72. The Kier molecular flexibility index (Phi) is 5.03. The van der Waals surface area contributed by atoms with E-state index in [2.05, 4.69) is 34.8 Å². The summed E-state index contributed by atoms with van der Waals surface area (Å²) in [5.41, 5.74) is 9.91. The molecule has 0 aromatic heterocycles. The molecule has 0 atom stereocenters. The van der Waals surface area contributed by atoms with Gasteiger partial charge in [-0.15, -0.1) is 0 Å². The van der Waals surface area contributed by atoms with Gasteiger partial charge in [-0.05, 0) is 46.2 Å². The number of nitrogens with zero attached hydrogens (tertiary/aromatic N) is 1. The predicted octanol–water partition coefficient (Wildman–Crippen LogP) is 3.59. The van der Waals surface area contributed by atoms with Crippen LogP contribution in [0.3, 0.4) is 0 Å². The van der Waals surface area contributed by atoms with Crippen molar-refractivity contribution in [1.82, 2.24) is 5.43 Å². The first-order valence-corrected chi connectivity index (χ1v) is 7.91. The van der Waals surface area contributed by atoms with E-state index >= 15 is 0 Å². The number of thiocarbonyl (C=S) groups is 1. The standard InChI is InChI=1S/C19H17N3OS/c20-19(24)22-21-12-14-5-3-9-17(11-14)23-13-16-8-4-7-15-6-1-2-10-18(15)16/h1-12H,13H2,(H3,20,22,24). The van der Waals surface area contributed by atoms with E-state index in [4.69, 9.17) is 22.7 Å². The number of hydrazone groups is 1. The lowest BCUT2D eigenvalue weighted by atomic mass is 10.1.